The average Bonchev–Trinajstić information content (AvgIpc) is 2.05. The Morgan fingerprint density at radius 1 is 0.333 bits per heavy atom. The molecule has 12 heavy (non-hydrogen) atoms. The van der Waals surface area contributed by atoms with Gasteiger partial charge < -0.3 is 0 Å². The van der Waals surface area contributed by atoms with Crippen LogP contribution >= 0.6 is 0 Å². The number of allylic oxidation sites excluding steroid dienone is 6. The first-order valence-electron chi connectivity index (χ1n) is 4.95. The molecular formula is C12H18. The summed E-state index contributed by atoms with van der Waals surface area (Å²) in [6.45, 7) is 0. The van der Waals surface area contributed by atoms with Crippen molar-refractivity contribution in [2.75, 3.05) is 0 Å². The molecule has 0 saturated carbocycles. The van der Waals surface area contributed by atoms with Crippen molar-refractivity contribution in [2.45, 2.75) is 38.5 Å². The Morgan fingerprint density at radius 2 is 0.500 bits per heavy atom. The molecule has 66 valence electrons. The molecule has 0 nitrogen and oxygen atoms in total. The summed E-state index contributed by atoms with van der Waals surface area (Å²) in [5, 5.41) is 0. The first kappa shape index (κ1) is 9.31. The summed E-state index contributed by atoms with van der Waals surface area (Å²) in [7, 11) is 0. The van der Waals surface area contributed by atoms with Gasteiger partial charge >= 0.3 is 0 Å². The highest BCUT2D eigenvalue weighted by molar-refractivity contribution is 4.93. The monoisotopic (exact) mass is 162 g/mol. The molecule has 0 spiro atoms. The van der Waals surface area contributed by atoms with E-state index in [1.807, 2.05) is 0 Å². The minimum Gasteiger partial charge on any atom is -0.0882 e. The first-order chi connectivity index (χ1) is 6.00. The van der Waals surface area contributed by atoms with Gasteiger partial charge in [-0.2, -0.15) is 0 Å². The highest BCUT2D eigenvalue weighted by Gasteiger charge is 1.82. The molecule has 1 aliphatic rings. The SMILES string of the molecule is C1=CCC/C=C/CCC=CCC1. The molecule has 0 unspecified atom stereocenters. The number of rotatable bonds is 0. The van der Waals surface area contributed by atoms with Crippen molar-refractivity contribution in [3.8, 4) is 0 Å². The van der Waals surface area contributed by atoms with Crippen LogP contribution in [0, 0.1) is 0 Å². The zero-order valence-electron chi connectivity index (χ0n) is 7.71. The molecule has 1 aliphatic carbocycles. The van der Waals surface area contributed by atoms with Gasteiger partial charge in [-0.05, 0) is 38.5 Å². The van der Waals surface area contributed by atoms with Gasteiger partial charge in [0.05, 0.1) is 0 Å². The second-order valence-electron chi connectivity index (χ2n) is 3.15. The van der Waals surface area contributed by atoms with Crippen molar-refractivity contribution in [2.24, 2.45) is 0 Å². The molecule has 0 aromatic heterocycles. The summed E-state index contributed by atoms with van der Waals surface area (Å²) in [6.07, 6.45) is 21.0. The molecule has 0 heterocycles. The Bertz CT molecular complexity index is 121. The van der Waals surface area contributed by atoms with Crippen LogP contribution in [-0.2, 0) is 0 Å². The Hall–Kier alpha value is -0.780. The van der Waals surface area contributed by atoms with Crippen LogP contribution in [0.25, 0.3) is 0 Å². The molecule has 0 N–H and O–H groups in total. The van der Waals surface area contributed by atoms with Crippen LogP contribution in [0.5, 0.6) is 0 Å². The summed E-state index contributed by atoms with van der Waals surface area (Å²) < 4.78 is 0. The fraction of sp³-hybridized carbons (Fsp3) is 0.500. The molecule has 0 saturated heterocycles. The maximum atomic E-state index is 2.29. The maximum absolute atomic E-state index is 2.29. The molecule has 0 amide bonds. The van der Waals surface area contributed by atoms with Crippen molar-refractivity contribution in [3.63, 3.8) is 0 Å². The van der Waals surface area contributed by atoms with E-state index in [2.05, 4.69) is 36.5 Å². The largest absolute Gasteiger partial charge is 0.0882 e. The van der Waals surface area contributed by atoms with Crippen LogP contribution in [0.2, 0.25) is 0 Å². The highest BCUT2D eigenvalue weighted by Crippen LogP contribution is 2.02. The van der Waals surface area contributed by atoms with Crippen molar-refractivity contribution in [1.82, 2.24) is 0 Å². The predicted molar refractivity (Wildman–Crippen MR) is 55.1 cm³/mol. The van der Waals surface area contributed by atoms with Gasteiger partial charge in [-0.15, -0.1) is 0 Å². The van der Waals surface area contributed by atoms with Gasteiger partial charge in [0.25, 0.3) is 0 Å². The number of hydrogen-bond acceptors (Lipinski definition) is 0. The summed E-state index contributed by atoms with van der Waals surface area (Å²) in [5.74, 6) is 0. The van der Waals surface area contributed by atoms with Crippen LogP contribution in [0.1, 0.15) is 38.5 Å². The van der Waals surface area contributed by atoms with E-state index < -0.39 is 0 Å². The molecule has 0 aromatic rings. The Labute approximate surface area is 75.7 Å². The molecule has 0 aromatic carbocycles. The van der Waals surface area contributed by atoms with E-state index in [0.717, 1.165) is 0 Å². The minimum atomic E-state index is 1.21. The molecule has 0 aliphatic heterocycles. The maximum Gasteiger partial charge on any atom is -0.0316 e. The second-order valence-corrected chi connectivity index (χ2v) is 3.15. The highest BCUT2D eigenvalue weighted by atomic mass is 13.9. The van der Waals surface area contributed by atoms with E-state index in [4.69, 9.17) is 0 Å². The Morgan fingerprint density at radius 3 is 0.667 bits per heavy atom. The lowest BCUT2D eigenvalue weighted by Crippen LogP contribution is -1.71. The molecule has 0 bridgehead atoms. The molecule has 0 heteroatoms. The van der Waals surface area contributed by atoms with Gasteiger partial charge in [0.15, 0.2) is 0 Å². The first-order valence-corrected chi connectivity index (χ1v) is 4.95. The Kier molecular flexibility index (Phi) is 5.35. The van der Waals surface area contributed by atoms with Gasteiger partial charge in [0.2, 0.25) is 0 Å². The summed E-state index contributed by atoms with van der Waals surface area (Å²) in [5.41, 5.74) is 0. The van der Waals surface area contributed by atoms with Crippen molar-refractivity contribution in [1.29, 1.82) is 0 Å². The zero-order chi connectivity index (χ0) is 8.49. The smallest absolute Gasteiger partial charge is 0.0316 e. The summed E-state index contributed by atoms with van der Waals surface area (Å²) in [6, 6.07) is 0. The van der Waals surface area contributed by atoms with Crippen LogP contribution in [0.3, 0.4) is 0 Å². The van der Waals surface area contributed by atoms with Crippen LogP contribution in [0.4, 0.5) is 0 Å². The van der Waals surface area contributed by atoms with Gasteiger partial charge in [-0.25, -0.2) is 0 Å². The standard InChI is InChI=1S/C12H18/c1-2-4-6-8-10-12-11-9-7-5-3-1/h1-2,7-10H,3-6,11-12H2/b2-1+,9-7?,10-8?. The summed E-state index contributed by atoms with van der Waals surface area (Å²) in [4.78, 5) is 0. The normalized spacial score (nSPS) is 22.7. The van der Waals surface area contributed by atoms with Gasteiger partial charge in [-0.1, -0.05) is 36.5 Å². The number of hydrogen-bond donors (Lipinski definition) is 0. The Balaban J connectivity index is 2.30. The topological polar surface area (TPSA) is 0 Å². The van der Waals surface area contributed by atoms with E-state index in [1.165, 1.54) is 38.5 Å². The van der Waals surface area contributed by atoms with Gasteiger partial charge in [0.1, 0.15) is 0 Å². The van der Waals surface area contributed by atoms with Crippen LogP contribution in [0.15, 0.2) is 36.5 Å². The minimum absolute atomic E-state index is 1.21. The third-order valence-electron chi connectivity index (χ3n) is 2.00. The van der Waals surface area contributed by atoms with E-state index in [9.17, 15) is 0 Å². The molecule has 0 radical (unpaired) electrons. The zero-order valence-corrected chi connectivity index (χ0v) is 7.71. The second kappa shape index (κ2) is 6.90. The van der Waals surface area contributed by atoms with E-state index in [1.54, 1.807) is 0 Å². The van der Waals surface area contributed by atoms with Gasteiger partial charge in [0, 0.05) is 0 Å². The third kappa shape index (κ3) is 4.95. The average molecular weight is 162 g/mol. The fourth-order valence-electron chi connectivity index (χ4n) is 1.28. The quantitative estimate of drug-likeness (QED) is 0.472. The predicted octanol–water partition coefficient (Wildman–Crippen LogP) is 4.01. The van der Waals surface area contributed by atoms with E-state index in [0.29, 0.717) is 0 Å². The molecule has 1 rings (SSSR count). The van der Waals surface area contributed by atoms with E-state index in [-0.39, 0.29) is 0 Å². The molecule has 0 fully saturated rings. The van der Waals surface area contributed by atoms with Crippen molar-refractivity contribution in [3.05, 3.63) is 36.5 Å². The lowest BCUT2D eigenvalue weighted by atomic mass is 10.1. The molecule has 0 atom stereocenters. The van der Waals surface area contributed by atoms with Crippen molar-refractivity contribution >= 4 is 0 Å². The lowest BCUT2D eigenvalue weighted by molar-refractivity contribution is 0.962. The van der Waals surface area contributed by atoms with Gasteiger partial charge in [-0.3, -0.25) is 0 Å². The fourth-order valence-corrected chi connectivity index (χ4v) is 1.28. The van der Waals surface area contributed by atoms with E-state index >= 15 is 0 Å². The van der Waals surface area contributed by atoms with Crippen LogP contribution in [-0.4, -0.2) is 0 Å². The third-order valence-corrected chi connectivity index (χ3v) is 2.00. The van der Waals surface area contributed by atoms with Crippen LogP contribution < -0.4 is 0 Å². The molecular weight excluding hydrogens is 144 g/mol. The van der Waals surface area contributed by atoms with Crippen molar-refractivity contribution < 1.29 is 0 Å². The lowest BCUT2D eigenvalue weighted by Gasteiger charge is -1.92. The summed E-state index contributed by atoms with van der Waals surface area (Å²) >= 11 is 0.